The lowest BCUT2D eigenvalue weighted by Crippen LogP contribution is -2.47. The molecule has 1 aromatic carbocycles. The van der Waals surface area contributed by atoms with Crippen molar-refractivity contribution in [2.24, 2.45) is 0 Å². The van der Waals surface area contributed by atoms with Crippen molar-refractivity contribution >= 4 is 5.69 Å². The number of benzene rings is 1. The van der Waals surface area contributed by atoms with Crippen molar-refractivity contribution in [2.45, 2.75) is 33.2 Å². The Morgan fingerprint density at radius 2 is 1.20 bits per heavy atom. The van der Waals surface area contributed by atoms with Gasteiger partial charge in [-0.1, -0.05) is 32.0 Å². The number of anilines is 1. The Balaban J connectivity index is 1.57. The average Bonchev–Trinajstić information content (AvgIpc) is 2.65. The average molecular weight is 345 g/mol. The summed E-state index contributed by atoms with van der Waals surface area (Å²) >= 11 is 0. The topological polar surface area (TPSA) is 13.0 Å². The third kappa shape index (κ3) is 5.19. The lowest BCUT2D eigenvalue weighted by atomic mass is 10.1. The second-order valence-corrected chi connectivity index (χ2v) is 7.58. The Hall–Kier alpha value is -1.10. The van der Waals surface area contributed by atoms with Gasteiger partial charge in [-0.25, -0.2) is 0 Å². The van der Waals surface area contributed by atoms with Crippen molar-refractivity contribution in [1.29, 1.82) is 0 Å². The molecule has 0 N–H and O–H groups in total. The first kappa shape index (κ1) is 18.7. The quantitative estimate of drug-likeness (QED) is 0.754. The predicted octanol–water partition coefficient (Wildman–Crippen LogP) is 2.75. The summed E-state index contributed by atoms with van der Waals surface area (Å²) in [6.07, 6.45) is 2.54. The number of hydrogen-bond donors (Lipinski definition) is 0. The lowest BCUT2D eigenvalue weighted by Gasteiger charge is -2.38. The van der Waals surface area contributed by atoms with Gasteiger partial charge < -0.3 is 9.80 Å². The summed E-state index contributed by atoms with van der Waals surface area (Å²) in [4.78, 5) is 10.5. The molecular weight excluding hydrogens is 308 g/mol. The highest BCUT2D eigenvalue weighted by molar-refractivity contribution is 5.54. The van der Waals surface area contributed by atoms with Crippen LogP contribution in [0.1, 0.15) is 32.3 Å². The van der Waals surface area contributed by atoms with E-state index in [1.807, 2.05) is 0 Å². The van der Waals surface area contributed by atoms with Gasteiger partial charge in [0.05, 0.1) is 0 Å². The monoisotopic (exact) mass is 344 g/mol. The molecule has 0 atom stereocenters. The minimum absolute atomic E-state index is 1.10. The highest BCUT2D eigenvalue weighted by atomic mass is 15.3. The maximum atomic E-state index is 2.64. The molecule has 2 aliphatic rings. The lowest BCUT2D eigenvalue weighted by molar-refractivity contribution is 0.127. The molecule has 0 amide bonds. The molecule has 2 aliphatic heterocycles. The van der Waals surface area contributed by atoms with Gasteiger partial charge in [0.1, 0.15) is 0 Å². The SMILES string of the molecule is CCCN1CCN(Cc2ccccc2N2CCN(CCC)CC2)CC1. The van der Waals surface area contributed by atoms with E-state index in [1.54, 1.807) is 0 Å². The van der Waals surface area contributed by atoms with Crippen LogP contribution in [0.15, 0.2) is 24.3 Å². The number of piperazine rings is 2. The summed E-state index contributed by atoms with van der Waals surface area (Å²) in [6.45, 7) is 17.8. The predicted molar refractivity (Wildman–Crippen MR) is 107 cm³/mol. The van der Waals surface area contributed by atoms with Gasteiger partial charge >= 0.3 is 0 Å². The van der Waals surface area contributed by atoms with Crippen LogP contribution in [0.4, 0.5) is 5.69 Å². The van der Waals surface area contributed by atoms with E-state index in [9.17, 15) is 0 Å². The van der Waals surface area contributed by atoms with Crippen LogP contribution in [0, 0.1) is 0 Å². The van der Waals surface area contributed by atoms with E-state index >= 15 is 0 Å². The Kier molecular flexibility index (Phi) is 7.14. The normalized spacial score (nSPS) is 21.0. The Labute approximate surface area is 154 Å². The number of nitrogens with zero attached hydrogens (tertiary/aromatic N) is 4. The van der Waals surface area contributed by atoms with Gasteiger partial charge in [-0.15, -0.1) is 0 Å². The number of para-hydroxylation sites is 1. The zero-order valence-corrected chi connectivity index (χ0v) is 16.3. The van der Waals surface area contributed by atoms with E-state index in [1.165, 1.54) is 89.5 Å². The third-order valence-electron chi connectivity index (χ3n) is 5.64. The first-order valence-electron chi connectivity index (χ1n) is 10.3. The summed E-state index contributed by atoms with van der Waals surface area (Å²) in [5.41, 5.74) is 2.98. The maximum absolute atomic E-state index is 2.64. The van der Waals surface area contributed by atoms with E-state index in [0.29, 0.717) is 0 Å². The van der Waals surface area contributed by atoms with Gasteiger partial charge in [-0.05, 0) is 37.6 Å². The van der Waals surface area contributed by atoms with Crippen LogP contribution in [-0.4, -0.2) is 80.1 Å². The smallest absolute Gasteiger partial charge is 0.0412 e. The van der Waals surface area contributed by atoms with Crippen LogP contribution in [0.25, 0.3) is 0 Å². The van der Waals surface area contributed by atoms with Gasteiger partial charge in [0.2, 0.25) is 0 Å². The van der Waals surface area contributed by atoms with Crippen LogP contribution in [-0.2, 0) is 6.54 Å². The van der Waals surface area contributed by atoms with E-state index in [-0.39, 0.29) is 0 Å². The Morgan fingerprint density at radius 1 is 0.680 bits per heavy atom. The van der Waals surface area contributed by atoms with Crippen LogP contribution >= 0.6 is 0 Å². The van der Waals surface area contributed by atoms with Crippen molar-refractivity contribution in [3.05, 3.63) is 29.8 Å². The Bertz CT molecular complexity index is 502. The van der Waals surface area contributed by atoms with Crippen molar-refractivity contribution in [2.75, 3.05) is 70.3 Å². The first-order chi connectivity index (χ1) is 12.3. The van der Waals surface area contributed by atoms with Crippen molar-refractivity contribution in [3.8, 4) is 0 Å². The van der Waals surface area contributed by atoms with E-state index in [2.05, 4.69) is 57.7 Å². The van der Waals surface area contributed by atoms with E-state index < -0.39 is 0 Å². The molecule has 140 valence electrons. The molecule has 0 saturated carbocycles. The highest BCUT2D eigenvalue weighted by Gasteiger charge is 2.21. The van der Waals surface area contributed by atoms with Crippen LogP contribution in [0.2, 0.25) is 0 Å². The summed E-state index contributed by atoms with van der Waals surface area (Å²) < 4.78 is 0. The fraction of sp³-hybridized carbons (Fsp3) is 0.714. The molecule has 25 heavy (non-hydrogen) atoms. The summed E-state index contributed by atoms with van der Waals surface area (Å²) in [7, 11) is 0. The molecule has 0 aromatic heterocycles. The minimum atomic E-state index is 1.10. The van der Waals surface area contributed by atoms with E-state index in [0.717, 1.165) is 6.54 Å². The van der Waals surface area contributed by atoms with Gasteiger partial charge in [0, 0.05) is 64.6 Å². The molecule has 0 aliphatic carbocycles. The van der Waals surface area contributed by atoms with Gasteiger partial charge in [-0.3, -0.25) is 9.80 Å². The summed E-state index contributed by atoms with van der Waals surface area (Å²) in [5.74, 6) is 0. The molecule has 0 spiro atoms. The molecule has 4 nitrogen and oxygen atoms in total. The zero-order chi connectivity index (χ0) is 17.5. The fourth-order valence-corrected chi connectivity index (χ4v) is 4.21. The standard InChI is InChI=1S/C21H36N4/c1-3-9-22-11-13-24(14-12-22)19-20-7-5-6-8-21(20)25-17-15-23(10-4-2)16-18-25/h5-8H,3-4,9-19H2,1-2H3. The minimum Gasteiger partial charge on any atom is -0.369 e. The van der Waals surface area contributed by atoms with Crippen molar-refractivity contribution in [3.63, 3.8) is 0 Å². The second kappa shape index (κ2) is 9.56. The largest absolute Gasteiger partial charge is 0.369 e. The molecule has 2 fully saturated rings. The third-order valence-corrected chi connectivity index (χ3v) is 5.64. The van der Waals surface area contributed by atoms with Gasteiger partial charge in [0.15, 0.2) is 0 Å². The molecule has 0 radical (unpaired) electrons. The zero-order valence-electron chi connectivity index (χ0n) is 16.3. The van der Waals surface area contributed by atoms with Crippen molar-refractivity contribution in [1.82, 2.24) is 14.7 Å². The molecule has 0 bridgehead atoms. The highest BCUT2D eigenvalue weighted by Crippen LogP contribution is 2.24. The van der Waals surface area contributed by atoms with E-state index in [4.69, 9.17) is 0 Å². The fourth-order valence-electron chi connectivity index (χ4n) is 4.21. The van der Waals surface area contributed by atoms with Gasteiger partial charge in [-0.2, -0.15) is 0 Å². The molecule has 2 saturated heterocycles. The second-order valence-electron chi connectivity index (χ2n) is 7.58. The molecule has 4 heteroatoms. The summed E-state index contributed by atoms with van der Waals surface area (Å²) in [6, 6.07) is 9.08. The molecule has 2 heterocycles. The van der Waals surface area contributed by atoms with Crippen LogP contribution in [0.5, 0.6) is 0 Å². The first-order valence-corrected chi connectivity index (χ1v) is 10.3. The van der Waals surface area contributed by atoms with Gasteiger partial charge in [0.25, 0.3) is 0 Å². The number of hydrogen-bond acceptors (Lipinski definition) is 4. The van der Waals surface area contributed by atoms with Crippen molar-refractivity contribution < 1.29 is 0 Å². The summed E-state index contributed by atoms with van der Waals surface area (Å²) in [5, 5.41) is 0. The molecular formula is C21H36N4. The maximum Gasteiger partial charge on any atom is 0.0412 e. The number of rotatable bonds is 7. The van der Waals surface area contributed by atoms with Crippen LogP contribution in [0.3, 0.4) is 0 Å². The molecule has 3 rings (SSSR count). The molecule has 0 unspecified atom stereocenters. The molecule has 1 aromatic rings. The van der Waals surface area contributed by atoms with Crippen LogP contribution < -0.4 is 4.90 Å². The Morgan fingerprint density at radius 3 is 1.80 bits per heavy atom.